The standard InChI is InChI=1S/C16H19BrN2/c1-12-5-4-6-15(16(12)17)18-11-13-7-9-14(10-8-13)19(2)3/h4-10,18H,11H2,1-3H3. The van der Waals surface area contributed by atoms with Crippen LogP contribution in [0, 0.1) is 6.92 Å². The summed E-state index contributed by atoms with van der Waals surface area (Å²) in [5, 5.41) is 3.46. The van der Waals surface area contributed by atoms with Crippen LogP contribution in [-0.4, -0.2) is 14.1 Å². The predicted octanol–water partition coefficient (Wildman–Crippen LogP) is 4.44. The lowest BCUT2D eigenvalue weighted by molar-refractivity contribution is 1.11. The van der Waals surface area contributed by atoms with Gasteiger partial charge in [0.25, 0.3) is 0 Å². The first-order valence-electron chi connectivity index (χ1n) is 6.33. The summed E-state index contributed by atoms with van der Waals surface area (Å²) in [4.78, 5) is 2.11. The molecule has 0 aromatic heterocycles. The number of benzene rings is 2. The van der Waals surface area contributed by atoms with Crippen LogP contribution in [-0.2, 0) is 6.54 Å². The SMILES string of the molecule is Cc1cccc(NCc2ccc(N(C)C)cc2)c1Br. The Hall–Kier alpha value is -1.48. The zero-order chi connectivity index (χ0) is 13.8. The third-order valence-corrected chi connectivity index (χ3v) is 4.18. The summed E-state index contributed by atoms with van der Waals surface area (Å²) in [6.45, 7) is 2.93. The van der Waals surface area contributed by atoms with E-state index >= 15 is 0 Å². The molecule has 0 saturated carbocycles. The van der Waals surface area contributed by atoms with Crippen molar-refractivity contribution in [1.82, 2.24) is 0 Å². The van der Waals surface area contributed by atoms with Gasteiger partial charge in [0.05, 0.1) is 0 Å². The molecule has 0 amide bonds. The van der Waals surface area contributed by atoms with E-state index < -0.39 is 0 Å². The number of nitrogens with zero attached hydrogens (tertiary/aromatic N) is 1. The van der Waals surface area contributed by atoms with Crippen LogP contribution >= 0.6 is 15.9 Å². The van der Waals surface area contributed by atoms with Gasteiger partial charge in [-0.25, -0.2) is 0 Å². The number of nitrogens with one attached hydrogen (secondary N) is 1. The van der Waals surface area contributed by atoms with Crippen molar-refractivity contribution < 1.29 is 0 Å². The van der Waals surface area contributed by atoms with Crippen LogP contribution in [0.15, 0.2) is 46.9 Å². The van der Waals surface area contributed by atoms with Gasteiger partial charge >= 0.3 is 0 Å². The van der Waals surface area contributed by atoms with Gasteiger partial charge < -0.3 is 10.2 Å². The minimum absolute atomic E-state index is 0.829. The maximum absolute atomic E-state index is 3.62. The van der Waals surface area contributed by atoms with Gasteiger partial charge in [-0.05, 0) is 52.2 Å². The van der Waals surface area contributed by atoms with Gasteiger partial charge in [0, 0.05) is 36.5 Å². The largest absolute Gasteiger partial charge is 0.380 e. The maximum Gasteiger partial charge on any atom is 0.0490 e. The van der Waals surface area contributed by atoms with Crippen LogP contribution in [0.5, 0.6) is 0 Å². The van der Waals surface area contributed by atoms with Gasteiger partial charge in [-0.3, -0.25) is 0 Å². The van der Waals surface area contributed by atoms with Gasteiger partial charge in [-0.1, -0.05) is 24.3 Å². The molecule has 0 unspecified atom stereocenters. The molecule has 100 valence electrons. The van der Waals surface area contributed by atoms with E-state index in [0.717, 1.165) is 16.7 Å². The molecule has 2 aromatic rings. The fourth-order valence-corrected chi connectivity index (χ4v) is 2.30. The normalized spacial score (nSPS) is 10.3. The highest BCUT2D eigenvalue weighted by Gasteiger charge is 2.02. The van der Waals surface area contributed by atoms with Crippen LogP contribution < -0.4 is 10.2 Å². The van der Waals surface area contributed by atoms with Crippen molar-refractivity contribution in [2.24, 2.45) is 0 Å². The third kappa shape index (κ3) is 3.51. The van der Waals surface area contributed by atoms with Crippen molar-refractivity contribution in [2.75, 3.05) is 24.3 Å². The number of rotatable bonds is 4. The van der Waals surface area contributed by atoms with Crippen molar-refractivity contribution in [3.63, 3.8) is 0 Å². The van der Waals surface area contributed by atoms with Crippen LogP contribution in [0.4, 0.5) is 11.4 Å². The number of hydrogen-bond acceptors (Lipinski definition) is 2. The molecule has 2 aromatic carbocycles. The van der Waals surface area contributed by atoms with Crippen molar-refractivity contribution in [2.45, 2.75) is 13.5 Å². The summed E-state index contributed by atoms with van der Waals surface area (Å²) in [7, 11) is 4.11. The van der Waals surface area contributed by atoms with Crippen LogP contribution in [0.3, 0.4) is 0 Å². The van der Waals surface area contributed by atoms with E-state index in [2.05, 4.69) is 89.6 Å². The summed E-state index contributed by atoms with van der Waals surface area (Å²) in [5.74, 6) is 0. The Morgan fingerprint density at radius 3 is 2.37 bits per heavy atom. The topological polar surface area (TPSA) is 15.3 Å². The van der Waals surface area contributed by atoms with Crippen molar-refractivity contribution >= 4 is 27.3 Å². The molecule has 0 heterocycles. The average Bonchev–Trinajstić information content (AvgIpc) is 2.41. The Bertz CT molecular complexity index is 547. The van der Waals surface area contributed by atoms with Gasteiger partial charge in [-0.15, -0.1) is 0 Å². The molecule has 0 bridgehead atoms. The minimum Gasteiger partial charge on any atom is -0.380 e. The summed E-state index contributed by atoms with van der Waals surface area (Å²) in [5.41, 5.74) is 4.88. The van der Waals surface area contributed by atoms with E-state index in [-0.39, 0.29) is 0 Å². The summed E-state index contributed by atoms with van der Waals surface area (Å²) in [6.07, 6.45) is 0. The van der Waals surface area contributed by atoms with E-state index in [1.54, 1.807) is 0 Å². The second-order valence-electron chi connectivity index (χ2n) is 4.85. The van der Waals surface area contributed by atoms with E-state index in [0.29, 0.717) is 0 Å². The van der Waals surface area contributed by atoms with Gasteiger partial charge in [0.2, 0.25) is 0 Å². The van der Waals surface area contributed by atoms with E-state index in [9.17, 15) is 0 Å². The Morgan fingerprint density at radius 2 is 1.74 bits per heavy atom. The molecule has 0 aliphatic rings. The molecule has 3 heteroatoms. The predicted molar refractivity (Wildman–Crippen MR) is 87.0 cm³/mol. The van der Waals surface area contributed by atoms with E-state index in [4.69, 9.17) is 0 Å². The molecular weight excluding hydrogens is 300 g/mol. The first-order chi connectivity index (χ1) is 9.08. The second kappa shape index (κ2) is 6.11. The number of anilines is 2. The lowest BCUT2D eigenvalue weighted by Crippen LogP contribution is -2.08. The molecule has 0 fully saturated rings. The molecule has 0 aliphatic heterocycles. The van der Waals surface area contributed by atoms with E-state index in [1.807, 2.05) is 0 Å². The zero-order valence-electron chi connectivity index (χ0n) is 11.6. The van der Waals surface area contributed by atoms with Crippen molar-refractivity contribution in [1.29, 1.82) is 0 Å². The highest BCUT2D eigenvalue weighted by atomic mass is 79.9. The van der Waals surface area contributed by atoms with Crippen LogP contribution in [0.2, 0.25) is 0 Å². The Labute approximate surface area is 123 Å². The number of aryl methyl sites for hydroxylation is 1. The molecule has 0 aliphatic carbocycles. The van der Waals surface area contributed by atoms with Crippen LogP contribution in [0.1, 0.15) is 11.1 Å². The average molecular weight is 319 g/mol. The number of halogens is 1. The Kier molecular flexibility index (Phi) is 4.48. The second-order valence-corrected chi connectivity index (χ2v) is 5.64. The smallest absolute Gasteiger partial charge is 0.0490 e. The summed E-state index contributed by atoms with van der Waals surface area (Å²) in [6, 6.07) is 14.9. The third-order valence-electron chi connectivity index (χ3n) is 3.13. The van der Waals surface area contributed by atoms with Gasteiger partial charge in [0.15, 0.2) is 0 Å². The number of hydrogen-bond donors (Lipinski definition) is 1. The molecule has 0 saturated heterocycles. The van der Waals surface area contributed by atoms with Crippen LogP contribution in [0.25, 0.3) is 0 Å². The highest BCUT2D eigenvalue weighted by molar-refractivity contribution is 9.10. The molecule has 1 N–H and O–H groups in total. The first kappa shape index (κ1) is 13.9. The molecular formula is C16H19BrN2. The highest BCUT2D eigenvalue weighted by Crippen LogP contribution is 2.26. The maximum atomic E-state index is 3.62. The quantitative estimate of drug-likeness (QED) is 0.896. The zero-order valence-corrected chi connectivity index (χ0v) is 13.2. The molecule has 0 spiro atoms. The first-order valence-corrected chi connectivity index (χ1v) is 7.12. The molecule has 2 nitrogen and oxygen atoms in total. The molecule has 0 atom stereocenters. The fraction of sp³-hybridized carbons (Fsp3) is 0.250. The van der Waals surface area contributed by atoms with Crippen molar-refractivity contribution in [3.8, 4) is 0 Å². The van der Waals surface area contributed by atoms with E-state index in [1.165, 1.54) is 16.8 Å². The lowest BCUT2D eigenvalue weighted by atomic mass is 10.2. The minimum atomic E-state index is 0.829. The summed E-state index contributed by atoms with van der Waals surface area (Å²) < 4.78 is 1.14. The Morgan fingerprint density at radius 1 is 1.05 bits per heavy atom. The van der Waals surface area contributed by atoms with Gasteiger partial charge in [-0.2, -0.15) is 0 Å². The van der Waals surface area contributed by atoms with Crippen molar-refractivity contribution in [3.05, 3.63) is 58.1 Å². The Balaban J connectivity index is 2.04. The lowest BCUT2D eigenvalue weighted by Gasteiger charge is -2.14. The summed E-state index contributed by atoms with van der Waals surface area (Å²) >= 11 is 3.62. The molecule has 2 rings (SSSR count). The molecule has 0 radical (unpaired) electrons. The fourth-order valence-electron chi connectivity index (χ4n) is 1.89. The monoisotopic (exact) mass is 318 g/mol. The van der Waals surface area contributed by atoms with Gasteiger partial charge in [0.1, 0.15) is 0 Å². The molecule has 19 heavy (non-hydrogen) atoms.